The molecule has 3 heterocycles. The number of carbonyl (C=O) groups excluding carboxylic acids is 1. The fourth-order valence-electron chi connectivity index (χ4n) is 6.08. The lowest BCUT2D eigenvalue weighted by molar-refractivity contribution is -0.136. The van der Waals surface area contributed by atoms with Crippen LogP contribution in [-0.2, 0) is 45.0 Å². The number of aliphatic carboxylic acids is 1. The molecule has 3 N–H and O–H groups in total. The van der Waals surface area contributed by atoms with Gasteiger partial charge in [0, 0.05) is 78.4 Å². The van der Waals surface area contributed by atoms with Crippen molar-refractivity contribution in [2.45, 2.75) is 32.4 Å². The van der Waals surface area contributed by atoms with Gasteiger partial charge in [-0.2, -0.15) is 0 Å². The van der Waals surface area contributed by atoms with Gasteiger partial charge in [0.25, 0.3) is 0 Å². The molecule has 1 aliphatic rings. The Balaban J connectivity index is 1.34. The number of hydrogen-bond donors (Lipinski definition) is 2. The van der Waals surface area contributed by atoms with Gasteiger partial charge >= 0.3 is 5.97 Å². The summed E-state index contributed by atoms with van der Waals surface area (Å²) in [6.07, 6.45) is 1.30. The Morgan fingerprint density at radius 1 is 0.913 bits per heavy atom. The molecule has 5 rings (SSSR count). The first-order valence-electron chi connectivity index (χ1n) is 15.9. The third-order valence-electron chi connectivity index (χ3n) is 8.57. The summed E-state index contributed by atoms with van der Waals surface area (Å²) in [5.41, 5.74) is 10.5. The molecule has 1 aliphatic heterocycles. The molecule has 0 aliphatic carbocycles. The molecule has 1 amide bonds. The van der Waals surface area contributed by atoms with E-state index in [4.69, 9.17) is 25.3 Å². The first kappa shape index (κ1) is 33.3. The topological polar surface area (TPSA) is 139 Å². The Morgan fingerprint density at radius 3 is 2.33 bits per heavy atom. The standard InChI is InChI=1S/C34H45N7O5/c1-45-20-12-29-37-32-33(27-6-3-4-7-28(27)36-34(32)35)41(29)14-5-13-40(23-26-10-8-25(9-11-26)22-31(43)44)30(42)24-39-17-15-38(16-18-39)19-21-46-2/h3-4,6-11H,5,12-24H2,1-2H3,(H2,35,36)(H,43,44). The molecule has 2 aromatic heterocycles. The first-order chi connectivity index (χ1) is 22.4. The van der Waals surface area contributed by atoms with Crippen molar-refractivity contribution >= 4 is 39.6 Å². The number of nitrogens with two attached hydrogens (primary N) is 1. The number of hydrogen-bond acceptors (Lipinski definition) is 9. The molecule has 2 aromatic carbocycles. The lowest BCUT2D eigenvalue weighted by atomic mass is 10.1. The highest BCUT2D eigenvalue weighted by molar-refractivity contribution is 6.06. The molecular formula is C34H45N7O5. The van der Waals surface area contributed by atoms with Crippen molar-refractivity contribution in [2.24, 2.45) is 0 Å². The van der Waals surface area contributed by atoms with Gasteiger partial charge < -0.3 is 29.8 Å². The minimum absolute atomic E-state index is 0.0295. The second kappa shape index (κ2) is 15.9. The van der Waals surface area contributed by atoms with E-state index in [0.29, 0.717) is 63.6 Å². The van der Waals surface area contributed by atoms with Gasteiger partial charge in [-0.1, -0.05) is 42.5 Å². The maximum Gasteiger partial charge on any atom is 0.307 e. The number of fused-ring (bicyclic) bond motifs is 3. The fraction of sp³-hybridized carbons (Fsp3) is 0.471. The Bertz CT molecular complexity index is 1620. The van der Waals surface area contributed by atoms with E-state index in [2.05, 4.69) is 19.4 Å². The van der Waals surface area contributed by atoms with Crippen molar-refractivity contribution in [3.63, 3.8) is 0 Å². The number of carbonyl (C=O) groups is 2. The summed E-state index contributed by atoms with van der Waals surface area (Å²) >= 11 is 0. The fourth-order valence-corrected chi connectivity index (χ4v) is 6.08. The second-order valence-electron chi connectivity index (χ2n) is 11.8. The summed E-state index contributed by atoms with van der Waals surface area (Å²) in [6.45, 7) is 7.60. The number of rotatable bonds is 16. The van der Waals surface area contributed by atoms with E-state index in [-0.39, 0.29) is 12.3 Å². The third-order valence-corrected chi connectivity index (χ3v) is 8.57. The van der Waals surface area contributed by atoms with Crippen LogP contribution in [0.2, 0.25) is 0 Å². The van der Waals surface area contributed by atoms with Crippen molar-refractivity contribution in [2.75, 3.05) is 79.0 Å². The molecule has 1 fully saturated rings. The number of aryl methyl sites for hydroxylation is 1. The predicted octanol–water partition coefficient (Wildman–Crippen LogP) is 2.67. The Morgan fingerprint density at radius 2 is 1.61 bits per heavy atom. The number of amides is 1. The number of piperazine rings is 1. The Labute approximate surface area is 269 Å². The highest BCUT2D eigenvalue weighted by Crippen LogP contribution is 2.29. The van der Waals surface area contributed by atoms with Crippen molar-refractivity contribution in [3.8, 4) is 0 Å². The highest BCUT2D eigenvalue weighted by Gasteiger charge is 2.23. The molecule has 0 unspecified atom stereocenters. The van der Waals surface area contributed by atoms with E-state index >= 15 is 0 Å². The van der Waals surface area contributed by atoms with Gasteiger partial charge in [-0.15, -0.1) is 0 Å². The van der Waals surface area contributed by atoms with Gasteiger partial charge in [-0.25, -0.2) is 9.97 Å². The lowest BCUT2D eigenvalue weighted by Crippen LogP contribution is -2.50. The Kier molecular flexibility index (Phi) is 11.5. The summed E-state index contributed by atoms with van der Waals surface area (Å²) in [6, 6.07) is 15.4. The van der Waals surface area contributed by atoms with Gasteiger partial charge in [-0.3, -0.25) is 19.4 Å². The number of nitrogens with zero attached hydrogens (tertiary/aromatic N) is 6. The van der Waals surface area contributed by atoms with E-state index in [1.165, 1.54) is 0 Å². The van der Waals surface area contributed by atoms with E-state index in [1.807, 2.05) is 53.4 Å². The average Bonchev–Trinajstić information content (AvgIpc) is 3.42. The van der Waals surface area contributed by atoms with Crippen LogP contribution in [0, 0.1) is 0 Å². The number of carboxylic acid groups (broad SMARTS) is 1. The molecule has 0 atom stereocenters. The number of benzene rings is 2. The molecule has 1 saturated heterocycles. The monoisotopic (exact) mass is 631 g/mol. The van der Waals surface area contributed by atoms with E-state index < -0.39 is 5.97 Å². The van der Waals surface area contributed by atoms with Crippen molar-refractivity contribution in [1.29, 1.82) is 0 Å². The quantitative estimate of drug-likeness (QED) is 0.190. The summed E-state index contributed by atoms with van der Waals surface area (Å²) in [4.78, 5) is 41.0. The van der Waals surface area contributed by atoms with Crippen molar-refractivity contribution in [1.82, 2.24) is 29.2 Å². The minimum Gasteiger partial charge on any atom is -0.481 e. The number of nitrogen functional groups attached to an aromatic ring is 1. The van der Waals surface area contributed by atoms with Crippen LogP contribution >= 0.6 is 0 Å². The molecule has 246 valence electrons. The zero-order chi connectivity index (χ0) is 32.5. The third kappa shape index (κ3) is 8.38. The first-order valence-corrected chi connectivity index (χ1v) is 15.9. The zero-order valence-electron chi connectivity index (χ0n) is 26.9. The SMILES string of the molecule is COCCc1nc2c(N)nc3ccccc3c2n1CCCN(Cc1ccc(CC(=O)O)cc1)C(=O)CN1CCN(CCOC)CC1. The van der Waals surface area contributed by atoms with Gasteiger partial charge in [0.15, 0.2) is 5.82 Å². The smallest absolute Gasteiger partial charge is 0.307 e. The zero-order valence-corrected chi connectivity index (χ0v) is 26.9. The number of methoxy groups -OCH3 is 2. The number of anilines is 1. The molecule has 0 saturated carbocycles. The van der Waals surface area contributed by atoms with Gasteiger partial charge in [0.05, 0.1) is 37.2 Å². The number of imidazole rings is 1. The number of aromatic nitrogens is 3. The summed E-state index contributed by atoms with van der Waals surface area (Å²) < 4.78 is 12.8. The maximum absolute atomic E-state index is 13.8. The van der Waals surface area contributed by atoms with E-state index in [0.717, 1.165) is 66.1 Å². The van der Waals surface area contributed by atoms with Crippen LogP contribution in [0.15, 0.2) is 48.5 Å². The van der Waals surface area contributed by atoms with Gasteiger partial charge in [0.2, 0.25) is 5.91 Å². The number of ether oxygens (including phenoxy) is 2. The number of carboxylic acids is 1. The van der Waals surface area contributed by atoms with E-state index in [1.54, 1.807) is 14.2 Å². The van der Waals surface area contributed by atoms with Crippen LogP contribution in [-0.4, -0.2) is 119 Å². The molecule has 12 nitrogen and oxygen atoms in total. The van der Waals surface area contributed by atoms with Gasteiger partial charge in [0.1, 0.15) is 11.3 Å². The molecular weight excluding hydrogens is 586 g/mol. The summed E-state index contributed by atoms with van der Waals surface area (Å²) in [5.74, 6) is 0.486. The lowest BCUT2D eigenvalue weighted by Gasteiger charge is -2.35. The Hall–Kier alpha value is -4.10. The molecule has 12 heteroatoms. The van der Waals surface area contributed by atoms with Crippen LogP contribution in [0.1, 0.15) is 23.4 Å². The second-order valence-corrected chi connectivity index (χ2v) is 11.8. The molecule has 0 spiro atoms. The summed E-state index contributed by atoms with van der Waals surface area (Å²) in [7, 11) is 3.39. The average molecular weight is 632 g/mol. The largest absolute Gasteiger partial charge is 0.481 e. The van der Waals surface area contributed by atoms with Crippen LogP contribution in [0.4, 0.5) is 5.82 Å². The van der Waals surface area contributed by atoms with Crippen LogP contribution in [0.5, 0.6) is 0 Å². The number of pyridine rings is 1. The minimum atomic E-state index is -0.867. The van der Waals surface area contributed by atoms with Gasteiger partial charge in [-0.05, 0) is 23.6 Å². The highest BCUT2D eigenvalue weighted by atomic mass is 16.5. The van der Waals surface area contributed by atoms with Crippen LogP contribution < -0.4 is 5.73 Å². The normalized spacial score (nSPS) is 14.3. The maximum atomic E-state index is 13.8. The summed E-state index contributed by atoms with van der Waals surface area (Å²) in [5, 5.41) is 10.1. The van der Waals surface area contributed by atoms with Crippen molar-refractivity contribution < 1.29 is 24.2 Å². The number of para-hydroxylation sites is 1. The van der Waals surface area contributed by atoms with Crippen LogP contribution in [0.3, 0.4) is 0 Å². The molecule has 46 heavy (non-hydrogen) atoms. The molecule has 4 aromatic rings. The van der Waals surface area contributed by atoms with Crippen molar-refractivity contribution in [3.05, 3.63) is 65.5 Å². The molecule has 0 bridgehead atoms. The van der Waals surface area contributed by atoms with E-state index in [9.17, 15) is 9.59 Å². The predicted molar refractivity (Wildman–Crippen MR) is 178 cm³/mol. The molecule has 0 radical (unpaired) electrons. The van der Waals surface area contributed by atoms with Crippen LogP contribution in [0.25, 0.3) is 21.9 Å².